The maximum atomic E-state index is 12.6. The van der Waals surface area contributed by atoms with Gasteiger partial charge in [-0.3, -0.25) is 0 Å². The summed E-state index contributed by atoms with van der Waals surface area (Å²) in [5.41, 5.74) is 0.374. The van der Waals surface area contributed by atoms with Crippen LogP contribution >= 0.6 is 22.6 Å². The van der Waals surface area contributed by atoms with Crippen molar-refractivity contribution in [2.75, 3.05) is 0 Å². The first kappa shape index (κ1) is 20.7. The number of halogens is 1. The SMILES string of the molecule is C/C=C(O)\C(=C/CC(C)CC)C(=O)OC(C)(C)c1ccc(I)cc1. The number of carbonyl (C=O) groups excluding carboxylic acids is 1. The van der Waals surface area contributed by atoms with Crippen molar-refractivity contribution in [3.05, 3.63) is 56.9 Å². The average Bonchev–Trinajstić information content (AvgIpc) is 2.54. The predicted molar refractivity (Wildman–Crippen MR) is 107 cm³/mol. The molecule has 0 aromatic heterocycles. The largest absolute Gasteiger partial charge is 0.507 e. The molecule has 4 heteroatoms. The van der Waals surface area contributed by atoms with E-state index < -0.39 is 11.6 Å². The molecule has 3 nitrogen and oxygen atoms in total. The monoisotopic (exact) mass is 442 g/mol. The summed E-state index contributed by atoms with van der Waals surface area (Å²) in [6, 6.07) is 7.86. The number of esters is 1. The lowest BCUT2D eigenvalue weighted by Crippen LogP contribution is -2.27. The van der Waals surface area contributed by atoms with E-state index in [0.717, 1.165) is 22.0 Å². The van der Waals surface area contributed by atoms with Crippen LogP contribution in [0.2, 0.25) is 0 Å². The van der Waals surface area contributed by atoms with Crippen molar-refractivity contribution in [1.29, 1.82) is 0 Å². The van der Waals surface area contributed by atoms with Crippen molar-refractivity contribution in [2.24, 2.45) is 5.92 Å². The number of hydrogen-bond donors (Lipinski definition) is 1. The van der Waals surface area contributed by atoms with E-state index in [1.165, 1.54) is 6.08 Å². The highest BCUT2D eigenvalue weighted by atomic mass is 127. The minimum atomic E-state index is -0.773. The predicted octanol–water partition coefficient (Wildman–Crippen LogP) is 5.89. The molecule has 1 rings (SSSR count). The Morgan fingerprint density at radius 3 is 2.42 bits per heavy atom. The number of aliphatic hydroxyl groups excluding tert-OH is 1. The summed E-state index contributed by atoms with van der Waals surface area (Å²) in [5, 5.41) is 10.1. The molecule has 0 aliphatic carbocycles. The van der Waals surface area contributed by atoms with E-state index in [1.54, 1.807) is 13.0 Å². The molecular formula is C20H27IO3. The van der Waals surface area contributed by atoms with Crippen molar-refractivity contribution in [1.82, 2.24) is 0 Å². The highest BCUT2D eigenvalue weighted by Crippen LogP contribution is 2.27. The quantitative estimate of drug-likeness (QED) is 0.188. The first-order chi connectivity index (χ1) is 11.2. The van der Waals surface area contributed by atoms with Crippen LogP contribution in [-0.2, 0) is 15.1 Å². The fourth-order valence-corrected chi connectivity index (χ4v) is 2.49. The van der Waals surface area contributed by atoms with Gasteiger partial charge < -0.3 is 9.84 Å². The molecule has 0 spiro atoms. The number of allylic oxidation sites excluding steroid dienone is 2. The van der Waals surface area contributed by atoms with Gasteiger partial charge in [0.15, 0.2) is 0 Å². The summed E-state index contributed by atoms with van der Waals surface area (Å²) in [5.74, 6) is -0.0965. The van der Waals surface area contributed by atoms with Crippen LogP contribution in [0.1, 0.15) is 53.0 Å². The van der Waals surface area contributed by atoms with Gasteiger partial charge in [0.2, 0.25) is 0 Å². The van der Waals surface area contributed by atoms with Crippen LogP contribution in [0.3, 0.4) is 0 Å². The second kappa shape index (κ2) is 9.25. The molecule has 0 fully saturated rings. The minimum absolute atomic E-state index is 0.0401. The Labute approximate surface area is 158 Å². The lowest BCUT2D eigenvalue weighted by Gasteiger charge is -2.26. The van der Waals surface area contributed by atoms with E-state index in [-0.39, 0.29) is 11.3 Å². The van der Waals surface area contributed by atoms with E-state index in [9.17, 15) is 9.90 Å². The first-order valence-corrected chi connectivity index (χ1v) is 9.34. The molecule has 132 valence electrons. The Hall–Kier alpha value is -1.30. The van der Waals surface area contributed by atoms with Gasteiger partial charge in [-0.1, -0.05) is 38.5 Å². The van der Waals surface area contributed by atoms with Gasteiger partial charge in [0.05, 0.1) is 5.57 Å². The molecule has 0 aliphatic rings. The van der Waals surface area contributed by atoms with Crippen molar-refractivity contribution >= 4 is 28.6 Å². The van der Waals surface area contributed by atoms with Crippen LogP contribution in [-0.4, -0.2) is 11.1 Å². The van der Waals surface area contributed by atoms with E-state index in [0.29, 0.717) is 5.92 Å². The standard InChI is InChI=1S/C20H27IO3/c1-6-14(3)8-13-17(18(22)7-2)19(23)24-20(4,5)15-9-11-16(21)12-10-15/h7,9-14,22H,6,8H2,1-5H3/b17-13+,18-7+. The van der Waals surface area contributed by atoms with Gasteiger partial charge in [0.25, 0.3) is 0 Å². The van der Waals surface area contributed by atoms with E-state index in [4.69, 9.17) is 4.74 Å². The van der Waals surface area contributed by atoms with Gasteiger partial charge in [-0.25, -0.2) is 4.79 Å². The van der Waals surface area contributed by atoms with Crippen LogP contribution < -0.4 is 0 Å². The molecular weight excluding hydrogens is 415 g/mol. The van der Waals surface area contributed by atoms with Gasteiger partial charge in [0, 0.05) is 3.57 Å². The molecule has 1 aromatic carbocycles. The van der Waals surface area contributed by atoms with Crippen LogP contribution in [0.5, 0.6) is 0 Å². The summed E-state index contributed by atoms with van der Waals surface area (Å²) in [6.07, 6.45) is 5.03. The zero-order valence-electron chi connectivity index (χ0n) is 15.1. The van der Waals surface area contributed by atoms with E-state index in [2.05, 4.69) is 36.4 Å². The lowest BCUT2D eigenvalue weighted by molar-refractivity contribution is -0.152. The molecule has 0 aliphatic heterocycles. The van der Waals surface area contributed by atoms with Crippen LogP contribution in [0, 0.1) is 9.49 Å². The molecule has 0 amide bonds. The third-order valence-electron chi connectivity index (χ3n) is 4.08. The van der Waals surface area contributed by atoms with Gasteiger partial charge in [-0.15, -0.1) is 0 Å². The molecule has 0 saturated heterocycles. The number of aliphatic hydroxyl groups is 1. The molecule has 0 saturated carbocycles. The number of carbonyl (C=O) groups is 1. The summed E-state index contributed by atoms with van der Waals surface area (Å²) < 4.78 is 6.83. The lowest BCUT2D eigenvalue weighted by atomic mass is 9.97. The van der Waals surface area contributed by atoms with Crippen LogP contribution in [0.25, 0.3) is 0 Å². The summed E-state index contributed by atoms with van der Waals surface area (Å²) in [4.78, 5) is 12.6. The van der Waals surface area contributed by atoms with Crippen LogP contribution in [0.4, 0.5) is 0 Å². The molecule has 0 bridgehead atoms. The molecule has 24 heavy (non-hydrogen) atoms. The normalized spacial score (nSPS) is 14.4. The third-order valence-corrected chi connectivity index (χ3v) is 4.80. The second-order valence-electron chi connectivity index (χ2n) is 6.45. The second-order valence-corrected chi connectivity index (χ2v) is 7.69. The molecule has 0 radical (unpaired) electrons. The Bertz CT molecular complexity index is 612. The zero-order chi connectivity index (χ0) is 18.3. The minimum Gasteiger partial charge on any atom is -0.507 e. The number of ether oxygens (including phenoxy) is 1. The van der Waals surface area contributed by atoms with Crippen LogP contribution in [0.15, 0.2) is 47.7 Å². The fourth-order valence-electron chi connectivity index (χ4n) is 2.13. The van der Waals surface area contributed by atoms with Gasteiger partial charge in [-0.2, -0.15) is 0 Å². The molecule has 1 aromatic rings. The number of benzene rings is 1. The summed E-state index contributed by atoms with van der Waals surface area (Å²) in [6.45, 7) is 9.62. The maximum Gasteiger partial charge on any atom is 0.342 e. The highest BCUT2D eigenvalue weighted by Gasteiger charge is 2.28. The topological polar surface area (TPSA) is 46.5 Å². The maximum absolute atomic E-state index is 12.6. The zero-order valence-corrected chi connectivity index (χ0v) is 17.3. The van der Waals surface area contributed by atoms with Crippen molar-refractivity contribution in [2.45, 2.75) is 53.1 Å². The Morgan fingerprint density at radius 2 is 1.92 bits per heavy atom. The fraction of sp³-hybridized carbons (Fsp3) is 0.450. The molecule has 1 unspecified atom stereocenters. The first-order valence-electron chi connectivity index (χ1n) is 8.26. The van der Waals surface area contributed by atoms with Gasteiger partial charge in [0.1, 0.15) is 11.4 Å². The van der Waals surface area contributed by atoms with Crippen molar-refractivity contribution in [3.63, 3.8) is 0 Å². The number of rotatable bonds is 7. The smallest absolute Gasteiger partial charge is 0.342 e. The summed E-state index contributed by atoms with van der Waals surface area (Å²) >= 11 is 2.24. The van der Waals surface area contributed by atoms with E-state index in [1.807, 2.05) is 38.1 Å². The highest BCUT2D eigenvalue weighted by molar-refractivity contribution is 14.1. The summed E-state index contributed by atoms with van der Waals surface area (Å²) in [7, 11) is 0. The Kier molecular flexibility index (Phi) is 8.00. The van der Waals surface area contributed by atoms with Crippen molar-refractivity contribution in [3.8, 4) is 0 Å². The molecule has 1 atom stereocenters. The molecule has 1 N–H and O–H groups in total. The average molecular weight is 442 g/mol. The molecule has 0 heterocycles. The van der Waals surface area contributed by atoms with Crippen molar-refractivity contribution < 1.29 is 14.6 Å². The Balaban J connectivity index is 3.00. The van der Waals surface area contributed by atoms with Gasteiger partial charge >= 0.3 is 5.97 Å². The van der Waals surface area contributed by atoms with Gasteiger partial charge in [-0.05, 0) is 79.5 Å². The number of hydrogen-bond acceptors (Lipinski definition) is 3. The third kappa shape index (κ3) is 5.96. The van der Waals surface area contributed by atoms with E-state index >= 15 is 0 Å². The Morgan fingerprint density at radius 1 is 1.33 bits per heavy atom.